The molecule has 2 rings (SSSR count). The molecule has 0 amide bonds. The zero-order valence-corrected chi connectivity index (χ0v) is 8.42. The van der Waals surface area contributed by atoms with Gasteiger partial charge in [-0.05, 0) is 26.3 Å². The number of rotatable bonds is 2. The van der Waals surface area contributed by atoms with Crippen molar-refractivity contribution in [1.29, 1.82) is 0 Å². The summed E-state index contributed by atoms with van der Waals surface area (Å²) in [6.07, 6.45) is 4.11. The number of likely N-dealkylation sites (tertiary alicyclic amines) is 1. The van der Waals surface area contributed by atoms with Crippen LogP contribution < -0.4 is 5.32 Å². The quantitative estimate of drug-likeness (QED) is 0.684. The standard InChI is InChI=1S/C10H19N3/c1-9-4-2-3-7-13(9)8-10-11-5-6-12-10/h9H,2-8H2,1H3,(H,11,12). The van der Waals surface area contributed by atoms with Crippen LogP contribution in [0.15, 0.2) is 4.99 Å². The van der Waals surface area contributed by atoms with Gasteiger partial charge in [0.2, 0.25) is 0 Å². The van der Waals surface area contributed by atoms with E-state index in [1.807, 2.05) is 0 Å². The van der Waals surface area contributed by atoms with E-state index in [0.29, 0.717) is 0 Å². The SMILES string of the molecule is CC1CCCCN1CC1=NCCN1. The van der Waals surface area contributed by atoms with Crippen LogP contribution in [0.4, 0.5) is 0 Å². The molecule has 1 fully saturated rings. The number of nitrogens with zero attached hydrogens (tertiary/aromatic N) is 2. The summed E-state index contributed by atoms with van der Waals surface area (Å²) in [4.78, 5) is 6.97. The van der Waals surface area contributed by atoms with E-state index >= 15 is 0 Å². The average molecular weight is 181 g/mol. The van der Waals surface area contributed by atoms with Crippen LogP contribution in [-0.4, -0.2) is 43.0 Å². The fourth-order valence-corrected chi connectivity index (χ4v) is 2.14. The highest BCUT2D eigenvalue weighted by molar-refractivity contribution is 5.85. The van der Waals surface area contributed by atoms with Crippen molar-refractivity contribution < 1.29 is 0 Å². The Labute approximate surface area is 80.2 Å². The molecule has 2 heterocycles. The summed E-state index contributed by atoms with van der Waals surface area (Å²) < 4.78 is 0. The number of hydrogen-bond acceptors (Lipinski definition) is 3. The molecule has 1 atom stereocenters. The van der Waals surface area contributed by atoms with E-state index in [0.717, 1.165) is 25.7 Å². The van der Waals surface area contributed by atoms with Crippen LogP contribution in [0.2, 0.25) is 0 Å². The molecule has 3 nitrogen and oxygen atoms in total. The van der Waals surface area contributed by atoms with Crippen molar-refractivity contribution in [2.24, 2.45) is 4.99 Å². The Hall–Kier alpha value is -0.570. The number of nitrogens with one attached hydrogen (secondary N) is 1. The monoisotopic (exact) mass is 181 g/mol. The molecule has 0 bridgehead atoms. The van der Waals surface area contributed by atoms with Gasteiger partial charge in [0.05, 0.1) is 13.1 Å². The molecule has 1 saturated heterocycles. The highest BCUT2D eigenvalue weighted by atomic mass is 15.2. The number of piperidine rings is 1. The third-order valence-corrected chi connectivity index (χ3v) is 3.04. The van der Waals surface area contributed by atoms with Gasteiger partial charge in [-0.1, -0.05) is 6.42 Å². The Kier molecular flexibility index (Phi) is 2.83. The van der Waals surface area contributed by atoms with E-state index in [1.54, 1.807) is 0 Å². The summed E-state index contributed by atoms with van der Waals surface area (Å²) in [5.74, 6) is 1.20. The van der Waals surface area contributed by atoms with Gasteiger partial charge in [-0.3, -0.25) is 9.89 Å². The predicted octanol–water partition coefficient (Wildman–Crippen LogP) is 0.862. The molecule has 0 aromatic carbocycles. The molecule has 3 heteroatoms. The van der Waals surface area contributed by atoms with E-state index < -0.39 is 0 Å². The first-order valence-electron chi connectivity index (χ1n) is 5.37. The number of amidine groups is 1. The first-order valence-corrected chi connectivity index (χ1v) is 5.37. The van der Waals surface area contributed by atoms with Gasteiger partial charge in [0.25, 0.3) is 0 Å². The van der Waals surface area contributed by atoms with Gasteiger partial charge in [-0.15, -0.1) is 0 Å². The van der Waals surface area contributed by atoms with Gasteiger partial charge >= 0.3 is 0 Å². The summed E-state index contributed by atoms with van der Waals surface area (Å²) in [5.41, 5.74) is 0. The highest BCUT2D eigenvalue weighted by Crippen LogP contribution is 2.15. The van der Waals surface area contributed by atoms with E-state index in [4.69, 9.17) is 0 Å². The summed E-state index contributed by atoms with van der Waals surface area (Å²) in [6.45, 7) is 6.63. The van der Waals surface area contributed by atoms with E-state index in [-0.39, 0.29) is 0 Å². The molecule has 1 N–H and O–H groups in total. The van der Waals surface area contributed by atoms with Crippen molar-refractivity contribution >= 4 is 5.84 Å². The second kappa shape index (κ2) is 4.09. The summed E-state index contributed by atoms with van der Waals surface area (Å²) in [6, 6.07) is 0.749. The van der Waals surface area contributed by atoms with Gasteiger partial charge in [0, 0.05) is 12.6 Å². The molecular weight excluding hydrogens is 162 g/mol. The van der Waals surface area contributed by atoms with Crippen molar-refractivity contribution in [3.63, 3.8) is 0 Å². The van der Waals surface area contributed by atoms with Gasteiger partial charge in [-0.2, -0.15) is 0 Å². The fourth-order valence-electron chi connectivity index (χ4n) is 2.14. The molecule has 2 aliphatic rings. The molecule has 2 aliphatic heterocycles. The lowest BCUT2D eigenvalue weighted by Gasteiger charge is -2.33. The van der Waals surface area contributed by atoms with Gasteiger partial charge < -0.3 is 5.32 Å². The molecule has 0 aliphatic carbocycles. The maximum absolute atomic E-state index is 4.43. The molecule has 13 heavy (non-hydrogen) atoms. The Morgan fingerprint density at radius 2 is 2.46 bits per heavy atom. The lowest BCUT2D eigenvalue weighted by atomic mass is 10.0. The van der Waals surface area contributed by atoms with Crippen molar-refractivity contribution in [3.05, 3.63) is 0 Å². The molecule has 0 radical (unpaired) electrons. The van der Waals surface area contributed by atoms with Crippen molar-refractivity contribution in [2.45, 2.75) is 32.2 Å². The largest absolute Gasteiger partial charge is 0.371 e. The Morgan fingerprint density at radius 1 is 1.54 bits per heavy atom. The minimum Gasteiger partial charge on any atom is -0.371 e. The minimum atomic E-state index is 0.749. The third-order valence-electron chi connectivity index (χ3n) is 3.04. The zero-order chi connectivity index (χ0) is 9.10. The lowest BCUT2D eigenvalue weighted by Crippen LogP contribution is -2.43. The van der Waals surface area contributed by atoms with Crippen LogP contribution in [0.25, 0.3) is 0 Å². The number of hydrogen-bond donors (Lipinski definition) is 1. The summed E-state index contributed by atoms with van der Waals surface area (Å²) in [5, 5.41) is 3.33. The Morgan fingerprint density at radius 3 is 3.15 bits per heavy atom. The fraction of sp³-hybridized carbons (Fsp3) is 0.900. The maximum atomic E-state index is 4.43. The van der Waals surface area contributed by atoms with Crippen molar-refractivity contribution in [2.75, 3.05) is 26.2 Å². The van der Waals surface area contributed by atoms with Gasteiger partial charge in [-0.25, -0.2) is 0 Å². The Bertz CT molecular complexity index is 200. The van der Waals surface area contributed by atoms with Crippen LogP contribution in [0.5, 0.6) is 0 Å². The Balaban J connectivity index is 1.85. The molecule has 74 valence electrons. The van der Waals surface area contributed by atoms with Crippen molar-refractivity contribution in [1.82, 2.24) is 10.2 Å². The van der Waals surface area contributed by atoms with Crippen LogP contribution in [0.1, 0.15) is 26.2 Å². The van der Waals surface area contributed by atoms with Crippen LogP contribution >= 0.6 is 0 Å². The molecule has 0 aromatic rings. The second-order valence-electron chi connectivity index (χ2n) is 4.07. The van der Waals surface area contributed by atoms with Crippen LogP contribution in [-0.2, 0) is 0 Å². The molecule has 0 spiro atoms. The van der Waals surface area contributed by atoms with Crippen LogP contribution in [0, 0.1) is 0 Å². The van der Waals surface area contributed by atoms with Crippen LogP contribution in [0.3, 0.4) is 0 Å². The smallest absolute Gasteiger partial charge is 0.111 e. The molecular formula is C10H19N3. The molecule has 0 aromatic heterocycles. The molecule has 1 unspecified atom stereocenters. The predicted molar refractivity (Wildman–Crippen MR) is 55.2 cm³/mol. The van der Waals surface area contributed by atoms with E-state index in [9.17, 15) is 0 Å². The molecule has 0 saturated carbocycles. The lowest BCUT2D eigenvalue weighted by molar-refractivity contribution is 0.183. The normalized spacial score (nSPS) is 29.9. The first kappa shape index (κ1) is 9.00. The summed E-state index contributed by atoms with van der Waals surface area (Å²) >= 11 is 0. The van der Waals surface area contributed by atoms with Gasteiger partial charge in [0.1, 0.15) is 5.84 Å². The van der Waals surface area contributed by atoms with Crippen molar-refractivity contribution in [3.8, 4) is 0 Å². The summed E-state index contributed by atoms with van der Waals surface area (Å²) in [7, 11) is 0. The van der Waals surface area contributed by atoms with Gasteiger partial charge in [0.15, 0.2) is 0 Å². The minimum absolute atomic E-state index is 0.749. The maximum Gasteiger partial charge on any atom is 0.111 e. The third kappa shape index (κ3) is 2.21. The topological polar surface area (TPSA) is 27.6 Å². The highest BCUT2D eigenvalue weighted by Gasteiger charge is 2.20. The zero-order valence-electron chi connectivity index (χ0n) is 8.42. The first-order chi connectivity index (χ1) is 6.36. The number of aliphatic imine (C=N–C) groups is 1. The average Bonchev–Trinajstić information content (AvgIpc) is 2.61. The second-order valence-corrected chi connectivity index (χ2v) is 4.07. The van der Waals surface area contributed by atoms with E-state index in [2.05, 4.69) is 22.1 Å². The van der Waals surface area contributed by atoms with E-state index in [1.165, 1.54) is 31.6 Å².